The van der Waals surface area contributed by atoms with Crippen LogP contribution in [0.3, 0.4) is 0 Å². The zero-order chi connectivity index (χ0) is 14.7. The number of hydrogen-bond donors (Lipinski definition) is 1. The van der Waals surface area contributed by atoms with E-state index in [4.69, 9.17) is 27.9 Å². The highest BCUT2D eigenvalue weighted by atomic mass is 79.9. The second kappa shape index (κ2) is 6.80. The fourth-order valence-electron chi connectivity index (χ4n) is 1.61. The number of esters is 1. The number of ether oxygens (including phenoxy) is 1. The zero-order valence-corrected chi connectivity index (χ0v) is 14.3. The largest absolute Gasteiger partial charge is 0.465 e. The number of anilines is 1. The fraction of sp³-hybridized carbons (Fsp3) is 0.154. The van der Waals surface area contributed by atoms with Gasteiger partial charge in [0, 0.05) is 26.6 Å². The second-order valence-corrected chi connectivity index (χ2v) is 6.90. The molecule has 20 heavy (non-hydrogen) atoms. The number of hydrogen-bond acceptors (Lipinski definition) is 4. The molecule has 0 unspecified atom stereocenters. The van der Waals surface area contributed by atoms with Gasteiger partial charge in [0.1, 0.15) is 4.34 Å². The summed E-state index contributed by atoms with van der Waals surface area (Å²) in [5.41, 5.74) is 1.07. The molecule has 106 valence electrons. The second-order valence-electron chi connectivity index (χ2n) is 3.87. The molecular weight excluding hydrogens is 385 g/mol. The Kier molecular flexibility index (Phi) is 5.32. The van der Waals surface area contributed by atoms with Crippen molar-refractivity contribution in [1.29, 1.82) is 0 Å². The van der Waals surface area contributed by atoms with Crippen LogP contribution < -0.4 is 5.32 Å². The average molecular weight is 395 g/mol. The molecule has 1 aromatic heterocycles. The summed E-state index contributed by atoms with van der Waals surface area (Å²) in [6, 6.07) is 6.98. The molecule has 0 radical (unpaired) electrons. The molecule has 0 aliphatic heterocycles. The van der Waals surface area contributed by atoms with Gasteiger partial charge in [0.2, 0.25) is 0 Å². The minimum Gasteiger partial charge on any atom is -0.465 e. The van der Waals surface area contributed by atoms with Crippen molar-refractivity contribution in [1.82, 2.24) is 0 Å². The quantitative estimate of drug-likeness (QED) is 0.722. The Morgan fingerprint density at radius 1 is 1.40 bits per heavy atom. The zero-order valence-electron chi connectivity index (χ0n) is 10.4. The first kappa shape index (κ1) is 15.6. The van der Waals surface area contributed by atoms with Gasteiger partial charge in [-0.25, -0.2) is 4.79 Å². The molecule has 1 N–H and O–H groups in total. The Morgan fingerprint density at radius 2 is 2.15 bits per heavy atom. The monoisotopic (exact) mass is 393 g/mol. The lowest BCUT2D eigenvalue weighted by molar-refractivity contribution is 0.0602. The average Bonchev–Trinajstić information content (AvgIpc) is 2.75. The molecule has 0 spiro atoms. The molecule has 0 fully saturated rings. The molecular formula is C13H10BrCl2NO2S. The summed E-state index contributed by atoms with van der Waals surface area (Å²) >= 11 is 16.7. The molecule has 2 aromatic rings. The van der Waals surface area contributed by atoms with Gasteiger partial charge in [0.05, 0.1) is 12.7 Å². The van der Waals surface area contributed by atoms with Gasteiger partial charge in [-0.15, -0.1) is 11.3 Å². The molecule has 1 aromatic carbocycles. The molecule has 2 rings (SSSR count). The minimum atomic E-state index is -0.430. The van der Waals surface area contributed by atoms with Crippen LogP contribution in [0.2, 0.25) is 9.36 Å². The van der Waals surface area contributed by atoms with Crippen LogP contribution in [0, 0.1) is 0 Å². The summed E-state index contributed by atoms with van der Waals surface area (Å²) < 4.78 is 6.31. The summed E-state index contributed by atoms with van der Waals surface area (Å²) in [4.78, 5) is 12.8. The lowest BCUT2D eigenvalue weighted by Crippen LogP contribution is -2.07. The number of rotatable bonds is 4. The molecule has 0 atom stereocenters. The van der Waals surface area contributed by atoms with Gasteiger partial charge in [0.25, 0.3) is 0 Å². The van der Waals surface area contributed by atoms with Crippen molar-refractivity contribution in [2.24, 2.45) is 0 Å². The van der Waals surface area contributed by atoms with Crippen molar-refractivity contribution in [2.45, 2.75) is 6.54 Å². The molecule has 1 heterocycles. The number of nitrogens with one attached hydrogen (secondary N) is 1. The Labute approximate surface area is 139 Å². The van der Waals surface area contributed by atoms with Crippen LogP contribution in [0.15, 0.2) is 28.7 Å². The topological polar surface area (TPSA) is 38.3 Å². The summed E-state index contributed by atoms with van der Waals surface area (Å²) in [5, 5.41) is 3.67. The molecule has 7 heteroatoms. The summed E-state index contributed by atoms with van der Waals surface area (Å²) in [7, 11) is 1.34. The van der Waals surface area contributed by atoms with E-state index in [2.05, 4.69) is 21.2 Å². The standard InChI is InChI=1S/C13H10BrCl2NO2S/c1-19-13(18)9-4-7(15)2-3-11(9)17-6-8-5-10(14)12(16)20-8/h2-5,17H,6H2,1H3. The summed E-state index contributed by atoms with van der Waals surface area (Å²) in [6.07, 6.45) is 0. The maximum atomic E-state index is 11.7. The van der Waals surface area contributed by atoms with E-state index in [1.165, 1.54) is 18.4 Å². The number of methoxy groups -OCH3 is 1. The van der Waals surface area contributed by atoms with Crippen molar-refractivity contribution in [3.63, 3.8) is 0 Å². The van der Waals surface area contributed by atoms with E-state index < -0.39 is 5.97 Å². The SMILES string of the molecule is COC(=O)c1cc(Cl)ccc1NCc1cc(Br)c(Cl)s1. The van der Waals surface area contributed by atoms with Crippen LogP contribution in [0.1, 0.15) is 15.2 Å². The molecule has 0 saturated carbocycles. The van der Waals surface area contributed by atoms with E-state index in [0.717, 1.165) is 9.35 Å². The third kappa shape index (κ3) is 3.67. The van der Waals surface area contributed by atoms with Gasteiger partial charge in [-0.3, -0.25) is 0 Å². The molecule has 0 aliphatic rings. The van der Waals surface area contributed by atoms with Crippen molar-refractivity contribution < 1.29 is 9.53 Å². The van der Waals surface area contributed by atoms with Gasteiger partial charge in [-0.2, -0.15) is 0 Å². The fourth-order valence-corrected chi connectivity index (χ4v) is 3.51. The van der Waals surface area contributed by atoms with Gasteiger partial charge in [-0.05, 0) is 40.2 Å². The predicted octanol–water partition coefficient (Wildman–Crippen LogP) is 5.22. The Bertz CT molecular complexity index is 626. The van der Waals surface area contributed by atoms with Crippen LogP contribution in [0.4, 0.5) is 5.69 Å². The van der Waals surface area contributed by atoms with Crippen molar-refractivity contribution in [3.8, 4) is 0 Å². The summed E-state index contributed by atoms with van der Waals surface area (Å²) in [6.45, 7) is 0.557. The van der Waals surface area contributed by atoms with Crippen LogP contribution in [0.5, 0.6) is 0 Å². The normalized spacial score (nSPS) is 10.4. The molecule has 0 bridgehead atoms. The van der Waals surface area contributed by atoms with Crippen molar-refractivity contribution >= 4 is 62.1 Å². The number of thiophene rings is 1. The Hall–Kier alpha value is -0.750. The van der Waals surface area contributed by atoms with E-state index in [1.807, 2.05) is 6.07 Å². The van der Waals surface area contributed by atoms with Gasteiger partial charge >= 0.3 is 5.97 Å². The van der Waals surface area contributed by atoms with E-state index in [9.17, 15) is 4.79 Å². The number of carbonyl (C=O) groups is 1. The van der Waals surface area contributed by atoms with E-state index in [1.54, 1.807) is 18.2 Å². The van der Waals surface area contributed by atoms with Crippen molar-refractivity contribution in [2.75, 3.05) is 12.4 Å². The lowest BCUT2D eigenvalue weighted by Gasteiger charge is -2.10. The highest BCUT2D eigenvalue weighted by Gasteiger charge is 2.13. The maximum Gasteiger partial charge on any atom is 0.340 e. The Balaban J connectivity index is 2.18. The van der Waals surface area contributed by atoms with Crippen LogP contribution in [0.25, 0.3) is 0 Å². The minimum absolute atomic E-state index is 0.404. The smallest absolute Gasteiger partial charge is 0.340 e. The number of benzene rings is 1. The van der Waals surface area contributed by atoms with Gasteiger partial charge < -0.3 is 10.1 Å². The van der Waals surface area contributed by atoms with E-state index in [0.29, 0.717) is 27.2 Å². The molecule has 0 aliphatic carbocycles. The van der Waals surface area contributed by atoms with Crippen molar-refractivity contribution in [3.05, 3.63) is 48.5 Å². The van der Waals surface area contributed by atoms with Gasteiger partial charge in [0.15, 0.2) is 0 Å². The van der Waals surface area contributed by atoms with E-state index >= 15 is 0 Å². The number of halogens is 3. The Morgan fingerprint density at radius 3 is 2.75 bits per heavy atom. The third-order valence-electron chi connectivity index (χ3n) is 2.54. The number of carbonyl (C=O) groups excluding carboxylic acids is 1. The third-order valence-corrected chi connectivity index (χ3v) is 5.25. The molecule has 0 saturated heterocycles. The van der Waals surface area contributed by atoms with Crippen LogP contribution in [-0.2, 0) is 11.3 Å². The first-order valence-corrected chi connectivity index (χ1v) is 7.93. The highest BCUT2D eigenvalue weighted by Crippen LogP contribution is 2.32. The van der Waals surface area contributed by atoms with Crippen LogP contribution >= 0.6 is 50.5 Å². The molecule has 3 nitrogen and oxygen atoms in total. The van der Waals surface area contributed by atoms with Crippen LogP contribution in [-0.4, -0.2) is 13.1 Å². The first-order chi connectivity index (χ1) is 9.51. The summed E-state index contributed by atoms with van der Waals surface area (Å²) in [5.74, 6) is -0.430. The molecule has 0 amide bonds. The highest BCUT2D eigenvalue weighted by molar-refractivity contribution is 9.10. The maximum absolute atomic E-state index is 11.7. The first-order valence-electron chi connectivity index (χ1n) is 5.56. The lowest BCUT2D eigenvalue weighted by atomic mass is 10.2. The van der Waals surface area contributed by atoms with E-state index in [-0.39, 0.29) is 0 Å². The predicted molar refractivity (Wildman–Crippen MR) is 87.1 cm³/mol. The van der Waals surface area contributed by atoms with Gasteiger partial charge in [-0.1, -0.05) is 23.2 Å².